The van der Waals surface area contributed by atoms with Crippen LogP contribution in [0.2, 0.25) is 0 Å². The van der Waals surface area contributed by atoms with Crippen molar-refractivity contribution in [2.75, 3.05) is 17.7 Å². The van der Waals surface area contributed by atoms with Crippen LogP contribution in [0.25, 0.3) is 6.08 Å². The van der Waals surface area contributed by atoms with Crippen LogP contribution in [0.1, 0.15) is 44.4 Å². The Morgan fingerprint density at radius 1 is 1.27 bits per heavy atom. The van der Waals surface area contributed by atoms with Crippen LogP contribution < -0.4 is 11.1 Å². The average molecular weight is 352 g/mol. The van der Waals surface area contributed by atoms with Crippen molar-refractivity contribution in [2.24, 2.45) is 0 Å². The lowest BCUT2D eigenvalue weighted by Crippen LogP contribution is -2.28. The van der Waals surface area contributed by atoms with Crippen molar-refractivity contribution in [1.29, 1.82) is 5.41 Å². The van der Waals surface area contributed by atoms with E-state index in [1.54, 1.807) is 12.3 Å². The second-order valence-corrected chi connectivity index (χ2v) is 5.81. The SMILES string of the molecule is CC.N=C(/C=C/c1ccccn1)c1ccc(N)cc1NC1CCCCO1. The largest absolute Gasteiger partial charge is 0.399 e. The molecule has 1 aromatic carbocycles. The molecule has 0 spiro atoms. The molecule has 1 atom stereocenters. The lowest BCUT2D eigenvalue weighted by molar-refractivity contribution is 0.0343. The summed E-state index contributed by atoms with van der Waals surface area (Å²) in [5.74, 6) is 0. The zero-order valence-corrected chi connectivity index (χ0v) is 15.5. The number of aromatic nitrogens is 1. The minimum Gasteiger partial charge on any atom is -0.399 e. The quantitative estimate of drug-likeness (QED) is 0.537. The fourth-order valence-electron chi connectivity index (χ4n) is 2.68. The fourth-order valence-corrected chi connectivity index (χ4v) is 2.68. The summed E-state index contributed by atoms with van der Waals surface area (Å²) in [5.41, 5.74) is 9.44. The second kappa shape index (κ2) is 10.4. The Morgan fingerprint density at radius 3 is 2.81 bits per heavy atom. The molecule has 0 amide bonds. The maximum Gasteiger partial charge on any atom is 0.127 e. The highest BCUT2D eigenvalue weighted by atomic mass is 16.5. The minimum atomic E-state index is -0.0214. The molecule has 4 N–H and O–H groups in total. The van der Waals surface area contributed by atoms with E-state index in [1.165, 1.54) is 0 Å². The Morgan fingerprint density at radius 2 is 2.12 bits per heavy atom. The Labute approximate surface area is 155 Å². The zero-order valence-electron chi connectivity index (χ0n) is 15.5. The number of anilines is 2. The number of nitrogen functional groups attached to an aromatic ring is 1. The van der Waals surface area contributed by atoms with Gasteiger partial charge in [-0.2, -0.15) is 0 Å². The summed E-state index contributed by atoms with van der Waals surface area (Å²) in [4.78, 5) is 4.24. The van der Waals surface area contributed by atoms with Crippen LogP contribution in [-0.4, -0.2) is 23.5 Å². The smallest absolute Gasteiger partial charge is 0.127 e. The molecule has 138 valence electrons. The van der Waals surface area contributed by atoms with Gasteiger partial charge in [0.15, 0.2) is 0 Å². The predicted molar refractivity (Wildman–Crippen MR) is 110 cm³/mol. The van der Waals surface area contributed by atoms with Gasteiger partial charge in [-0.05, 0) is 61.7 Å². The Kier molecular flexibility index (Phi) is 7.83. The molecule has 1 saturated heterocycles. The third-order valence-electron chi connectivity index (χ3n) is 3.94. The molecule has 2 aromatic rings. The third kappa shape index (κ3) is 5.70. The van der Waals surface area contributed by atoms with Gasteiger partial charge in [0.1, 0.15) is 6.23 Å². The lowest BCUT2D eigenvalue weighted by Gasteiger charge is -2.25. The van der Waals surface area contributed by atoms with E-state index in [4.69, 9.17) is 15.9 Å². The Bertz CT molecular complexity index is 722. The molecule has 1 aliphatic heterocycles. The molecule has 1 unspecified atom stereocenters. The van der Waals surface area contributed by atoms with Crippen LogP contribution in [0.3, 0.4) is 0 Å². The van der Waals surface area contributed by atoms with Gasteiger partial charge >= 0.3 is 0 Å². The van der Waals surface area contributed by atoms with Gasteiger partial charge in [0.25, 0.3) is 0 Å². The van der Waals surface area contributed by atoms with Crippen LogP contribution in [0.5, 0.6) is 0 Å². The van der Waals surface area contributed by atoms with E-state index in [2.05, 4.69) is 10.3 Å². The molecule has 1 fully saturated rings. The molecule has 2 heterocycles. The summed E-state index contributed by atoms with van der Waals surface area (Å²) in [5, 5.41) is 11.7. The van der Waals surface area contributed by atoms with Crippen molar-refractivity contribution in [3.8, 4) is 0 Å². The number of rotatable bonds is 5. The van der Waals surface area contributed by atoms with Crippen LogP contribution >= 0.6 is 0 Å². The first-order valence-electron chi connectivity index (χ1n) is 9.18. The molecule has 1 aliphatic rings. The molecule has 5 nitrogen and oxygen atoms in total. The van der Waals surface area contributed by atoms with E-state index in [1.807, 2.05) is 56.3 Å². The molecule has 3 rings (SSSR count). The van der Waals surface area contributed by atoms with Gasteiger partial charge in [0.05, 0.1) is 11.4 Å². The lowest BCUT2D eigenvalue weighted by atomic mass is 10.1. The summed E-state index contributed by atoms with van der Waals surface area (Å²) >= 11 is 0. The molecular formula is C21H28N4O. The number of ether oxygens (including phenoxy) is 1. The fraction of sp³-hybridized carbons (Fsp3) is 0.333. The van der Waals surface area contributed by atoms with Gasteiger partial charge in [-0.25, -0.2) is 0 Å². The van der Waals surface area contributed by atoms with E-state index in [9.17, 15) is 0 Å². The number of nitrogens with two attached hydrogens (primary N) is 1. The molecular weight excluding hydrogens is 324 g/mol. The normalized spacial score (nSPS) is 16.6. The van der Waals surface area contributed by atoms with Gasteiger partial charge in [-0.3, -0.25) is 4.98 Å². The van der Waals surface area contributed by atoms with Gasteiger partial charge in [0.2, 0.25) is 0 Å². The number of allylic oxidation sites excluding steroid dienone is 1. The molecule has 0 saturated carbocycles. The maximum atomic E-state index is 8.37. The highest BCUT2D eigenvalue weighted by molar-refractivity contribution is 6.12. The van der Waals surface area contributed by atoms with Gasteiger partial charge < -0.3 is 21.2 Å². The molecule has 0 bridgehead atoms. The summed E-state index contributed by atoms with van der Waals surface area (Å²) in [6.45, 7) is 4.77. The van der Waals surface area contributed by atoms with E-state index in [0.29, 0.717) is 11.4 Å². The topological polar surface area (TPSA) is 84.0 Å². The first-order chi connectivity index (χ1) is 12.7. The average Bonchev–Trinajstić information content (AvgIpc) is 2.69. The monoisotopic (exact) mass is 352 g/mol. The van der Waals surface area contributed by atoms with Crippen molar-refractivity contribution in [1.82, 2.24) is 4.98 Å². The van der Waals surface area contributed by atoms with Gasteiger partial charge in [0, 0.05) is 29.7 Å². The van der Waals surface area contributed by atoms with Crippen molar-refractivity contribution in [3.05, 3.63) is 59.9 Å². The summed E-state index contributed by atoms with van der Waals surface area (Å²) in [6, 6.07) is 11.2. The number of hydrogen-bond donors (Lipinski definition) is 3. The van der Waals surface area contributed by atoms with Crippen molar-refractivity contribution >= 4 is 23.2 Å². The predicted octanol–water partition coefficient (Wildman–Crippen LogP) is 4.71. The molecule has 0 aliphatic carbocycles. The summed E-state index contributed by atoms with van der Waals surface area (Å²) < 4.78 is 5.74. The van der Waals surface area contributed by atoms with Crippen molar-refractivity contribution in [3.63, 3.8) is 0 Å². The van der Waals surface area contributed by atoms with Crippen LogP contribution in [-0.2, 0) is 4.74 Å². The molecule has 5 heteroatoms. The maximum absolute atomic E-state index is 8.37. The van der Waals surface area contributed by atoms with E-state index in [-0.39, 0.29) is 6.23 Å². The Hall–Kier alpha value is -2.66. The summed E-state index contributed by atoms with van der Waals surface area (Å²) in [6.07, 6.45) is 8.51. The molecule has 26 heavy (non-hydrogen) atoms. The highest BCUT2D eigenvalue weighted by Crippen LogP contribution is 2.24. The van der Waals surface area contributed by atoms with E-state index < -0.39 is 0 Å². The van der Waals surface area contributed by atoms with Crippen LogP contribution in [0.15, 0.2) is 48.7 Å². The number of nitrogens with zero attached hydrogens (tertiary/aromatic N) is 1. The minimum absolute atomic E-state index is 0.0214. The van der Waals surface area contributed by atoms with E-state index in [0.717, 1.165) is 42.8 Å². The molecule has 0 radical (unpaired) electrons. The van der Waals surface area contributed by atoms with Crippen molar-refractivity contribution in [2.45, 2.75) is 39.3 Å². The first-order valence-corrected chi connectivity index (χ1v) is 9.18. The van der Waals surface area contributed by atoms with Crippen LogP contribution in [0, 0.1) is 5.41 Å². The highest BCUT2D eigenvalue weighted by Gasteiger charge is 2.16. The number of benzene rings is 1. The zero-order chi connectivity index (χ0) is 18.8. The van der Waals surface area contributed by atoms with Crippen molar-refractivity contribution < 1.29 is 4.74 Å². The summed E-state index contributed by atoms with van der Waals surface area (Å²) in [7, 11) is 0. The number of nitrogens with one attached hydrogen (secondary N) is 2. The third-order valence-corrected chi connectivity index (χ3v) is 3.94. The van der Waals surface area contributed by atoms with Crippen LogP contribution in [0.4, 0.5) is 11.4 Å². The number of pyridine rings is 1. The van der Waals surface area contributed by atoms with Gasteiger partial charge in [-0.15, -0.1) is 0 Å². The second-order valence-electron chi connectivity index (χ2n) is 5.81. The Balaban J connectivity index is 0.00000117. The first kappa shape index (κ1) is 19.7. The number of hydrogen-bond acceptors (Lipinski definition) is 5. The van der Waals surface area contributed by atoms with Gasteiger partial charge in [-0.1, -0.05) is 19.9 Å². The standard InChI is InChI=1S/C19H22N4O.C2H6/c20-14-7-9-16(17(21)10-8-15-5-1-3-11-22-15)18(13-14)23-19-6-2-4-12-24-19;1-2/h1,3,5,7-11,13,19,21,23H,2,4,6,12,20H2;1-2H3/b10-8+,21-17?;. The molecule has 1 aromatic heterocycles. The van der Waals surface area contributed by atoms with E-state index >= 15 is 0 Å².